The van der Waals surface area contributed by atoms with Crippen LogP contribution in [-0.2, 0) is 4.74 Å². The zero-order chi connectivity index (χ0) is 12.3. The molecule has 16 heavy (non-hydrogen) atoms. The average Bonchev–Trinajstić information content (AvgIpc) is 1.96. The smallest absolute Gasteiger partial charge is 0.407 e. The van der Waals surface area contributed by atoms with Crippen molar-refractivity contribution in [2.45, 2.75) is 44.9 Å². The molecule has 0 saturated carbocycles. The molecule has 0 aromatic rings. The molecule has 2 atom stereocenters. The van der Waals surface area contributed by atoms with Crippen molar-refractivity contribution < 1.29 is 14.6 Å². The molecule has 1 aliphatic heterocycles. The lowest BCUT2D eigenvalue weighted by Gasteiger charge is -2.33. The van der Waals surface area contributed by atoms with Gasteiger partial charge >= 0.3 is 6.09 Å². The van der Waals surface area contributed by atoms with E-state index in [0.717, 1.165) is 6.54 Å². The molecule has 0 aliphatic carbocycles. The van der Waals surface area contributed by atoms with E-state index >= 15 is 0 Å². The largest absolute Gasteiger partial charge is 0.444 e. The normalized spacial score (nSPS) is 27.6. The van der Waals surface area contributed by atoms with E-state index in [1.165, 1.54) is 0 Å². The summed E-state index contributed by atoms with van der Waals surface area (Å²) in [6, 6.07) is -0.0383. The fourth-order valence-electron chi connectivity index (χ4n) is 1.87. The highest BCUT2D eigenvalue weighted by Crippen LogP contribution is 2.11. The zero-order valence-corrected chi connectivity index (χ0v) is 10.5. The second-order valence-electron chi connectivity index (χ2n) is 5.45. The van der Waals surface area contributed by atoms with Gasteiger partial charge in [-0.15, -0.1) is 0 Å². The van der Waals surface area contributed by atoms with Gasteiger partial charge in [-0.2, -0.15) is 0 Å². The predicted octanol–water partition coefficient (Wildman–Crippen LogP) is 0.576. The van der Waals surface area contributed by atoms with E-state index in [4.69, 9.17) is 4.74 Å². The summed E-state index contributed by atoms with van der Waals surface area (Å²) in [6.45, 7) is 6.89. The molecular formula is C11H22N2O3. The van der Waals surface area contributed by atoms with Crippen LogP contribution in [0.4, 0.5) is 4.79 Å². The lowest BCUT2D eigenvalue weighted by molar-refractivity contribution is 0.0361. The molecular weight excluding hydrogens is 208 g/mol. The highest BCUT2D eigenvalue weighted by atomic mass is 16.6. The summed E-state index contributed by atoms with van der Waals surface area (Å²) in [7, 11) is 1.92. The number of nitrogens with one attached hydrogen (secondary N) is 1. The quantitative estimate of drug-likeness (QED) is 0.691. The summed E-state index contributed by atoms with van der Waals surface area (Å²) in [4.78, 5) is 13.5. The Kier molecular flexibility index (Phi) is 4.15. The van der Waals surface area contributed by atoms with Crippen molar-refractivity contribution in [3.05, 3.63) is 0 Å². The van der Waals surface area contributed by atoms with Crippen molar-refractivity contribution in [1.82, 2.24) is 10.2 Å². The number of alkyl carbamates (subject to hydrolysis) is 1. The third-order valence-corrected chi connectivity index (χ3v) is 2.33. The van der Waals surface area contributed by atoms with Crippen LogP contribution >= 0.6 is 0 Å². The van der Waals surface area contributed by atoms with Crippen molar-refractivity contribution >= 4 is 6.09 Å². The minimum atomic E-state index is -0.483. The Bertz CT molecular complexity index is 240. The number of carbonyl (C=O) groups is 1. The summed E-state index contributed by atoms with van der Waals surface area (Å²) in [5.41, 5.74) is -0.483. The Morgan fingerprint density at radius 2 is 2.06 bits per heavy atom. The van der Waals surface area contributed by atoms with Crippen LogP contribution in [0, 0.1) is 0 Å². The number of rotatable bonds is 1. The number of hydrogen-bond acceptors (Lipinski definition) is 4. The molecule has 1 aliphatic rings. The van der Waals surface area contributed by atoms with Crippen molar-refractivity contribution in [1.29, 1.82) is 0 Å². The molecule has 0 bridgehead atoms. The van der Waals surface area contributed by atoms with Crippen LogP contribution in [0.5, 0.6) is 0 Å². The standard InChI is InChI=1S/C11H22N2O3/c1-11(2,3)16-10(15)12-8-5-9(14)7-13(4)6-8/h8-9,14H,5-7H2,1-4H3,(H,12,15)/t8-,9+/m0/s1. The highest BCUT2D eigenvalue weighted by molar-refractivity contribution is 5.68. The molecule has 1 heterocycles. The van der Waals surface area contributed by atoms with E-state index in [2.05, 4.69) is 5.32 Å². The minimum absolute atomic E-state index is 0.0383. The van der Waals surface area contributed by atoms with Crippen LogP contribution < -0.4 is 5.32 Å². The van der Waals surface area contributed by atoms with Crippen LogP contribution in [0.3, 0.4) is 0 Å². The van der Waals surface area contributed by atoms with Crippen molar-refractivity contribution in [3.63, 3.8) is 0 Å². The second kappa shape index (κ2) is 5.01. The Hall–Kier alpha value is -0.810. The van der Waals surface area contributed by atoms with E-state index in [1.807, 2.05) is 32.7 Å². The van der Waals surface area contributed by atoms with Gasteiger partial charge in [-0.05, 0) is 34.2 Å². The number of nitrogens with zero attached hydrogens (tertiary/aromatic N) is 1. The van der Waals surface area contributed by atoms with Gasteiger partial charge in [0.1, 0.15) is 5.60 Å². The molecule has 0 spiro atoms. The number of carbonyl (C=O) groups excluding carboxylic acids is 1. The van der Waals surface area contributed by atoms with Gasteiger partial charge in [-0.25, -0.2) is 4.79 Å². The van der Waals surface area contributed by atoms with Gasteiger partial charge in [0.25, 0.3) is 0 Å². The SMILES string of the molecule is CN1C[C@H](O)C[C@H](NC(=O)OC(C)(C)C)C1. The van der Waals surface area contributed by atoms with E-state index in [9.17, 15) is 9.90 Å². The Labute approximate surface area is 96.8 Å². The van der Waals surface area contributed by atoms with Crippen LogP contribution in [0.2, 0.25) is 0 Å². The fourth-order valence-corrected chi connectivity index (χ4v) is 1.87. The Balaban J connectivity index is 2.39. The molecule has 1 amide bonds. The van der Waals surface area contributed by atoms with E-state index in [0.29, 0.717) is 13.0 Å². The number of aliphatic hydroxyl groups excluding tert-OH is 1. The first-order valence-corrected chi connectivity index (χ1v) is 5.62. The number of piperidine rings is 1. The van der Waals surface area contributed by atoms with Gasteiger partial charge in [0, 0.05) is 19.1 Å². The molecule has 1 rings (SSSR count). The van der Waals surface area contributed by atoms with Gasteiger partial charge in [-0.1, -0.05) is 0 Å². The molecule has 5 nitrogen and oxygen atoms in total. The minimum Gasteiger partial charge on any atom is -0.444 e. The first-order chi connectivity index (χ1) is 7.26. The molecule has 0 unspecified atom stereocenters. The molecule has 0 radical (unpaired) electrons. The first kappa shape index (κ1) is 13.3. The maximum atomic E-state index is 11.5. The van der Waals surface area contributed by atoms with Gasteiger partial charge in [-0.3, -0.25) is 0 Å². The van der Waals surface area contributed by atoms with Gasteiger partial charge in [0.2, 0.25) is 0 Å². The molecule has 0 aromatic carbocycles. The maximum Gasteiger partial charge on any atom is 0.407 e. The summed E-state index contributed by atoms with van der Waals surface area (Å²) in [6.07, 6.45) is -0.206. The molecule has 1 fully saturated rings. The fraction of sp³-hybridized carbons (Fsp3) is 0.909. The third kappa shape index (κ3) is 4.81. The Morgan fingerprint density at radius 1 is 1.44 bits per heavy atom. The number of amides is 1. The van der Waals surface area contributed by atoms with E-state index in [-0.39, 0.29) is 12.1 Å². The monoisotopic (exact) mass is 230 g/mol. The van der Waals surface area contributed by atoms with Crippen molar-refractivity contribution in [2.75, 3.05) is 20.1 Å². The topological polar surface area (TPSA) is 61.8 Å². The summed E-state index contributed by atoms with van der Waals surface area (Å²) in [5, 5.41) is 12.3. The molecule has 2 N–H and O–H groups in total. The van der Waals surface area contributed by atoms with Crippen LogP contribution in [-0.4, -0.2) is 54.0 Å². The number of likely N-dealkylation sites (tertiary alicyclic amines) is 1. The van der Waals surface area contributed by atoms with Gasteiger partial charge in [0.05, 0.1) is 6.10 Å². The zero-order valence-electron chi connectivity index (χ0n) is 10.5. The molecule has 5 heteroatoms. The number of aliphatic hydroxyl groups is 1. The van der Waals surface area contributed by atoms with E-state index in [1.54, 1.807) is 0 Å². The third-order valence-electron chi connectivity index (χ3n) is 2.33. The number of hydrogen-bond donors (Lipinski definition) is 2. The summed E-state index contributed by atoms with van der Waals surface area (Å²) >= 11 is 0. The second-order valence-corrected chi connectivity index (χ2v) is 5.45. The van der Waals surface area contributed by atoms with Gasteiger partial charge in [0.15, 0.2) is 0 Å². The molecule has 94 valence electrons. The van der Waals surface area contributed by atoms with Gasteiger partial charge < -0.3 is 20.1 Å². The number of β-amino-alcohol motifs (C(OH)–C–C–N with tert-alkyl or cyclic N) is 1. The lowest BCUT2D eigenvalue weighted by atomic mass is 10.0. The maximum absolute atomic E-state index is 11.5. The van der Waals surface area contributed by atoms with Crippen LogP contribution in [0.15, 0.2) is 0 Å². The number of ether oxygens (including phenoxy) is 1. The predicted molar refractivity (Wildman–Crippen MR) is 61.3 cm³/mol. The highest BCUT2D eigenvalue weighted by Gasteiger charge is 2.26. The van der Waals surface area contributed by atoms with E-state index < -0.39 is 11.7 Å². The lowest BCUT2D eigenvalue weighted by Crippen LogP contribution is -2.52. The molecule has 1 saturated heterocycles. The number of likely N-dealkylation sites (N-methyl/N-ethyl adjacent to an activating group) is 1. The summed E-state index contributed by atoms with van der Waals surface area (Å²) < 4.78 is 5.16. The van der Waals surface area contributed by atoms with Crippen molar-refractivity contribution in [3.8, 4) is 0 Å². The average molecular weight is 230 g/mol. The van der Waals surface area contributed by atoms with Crippen LogP contribution in [0.25, 0.3) is 0 Å². The van der Waals surface area contributed by atoms with Crippen LogP contribution in [0.1, 0.15) is 27.2 Å². The first-order valence-electron chi connectivity index (χ1n) is 5.62. The Morgan fingerprint density at radius 3 is 2.56 bits per heavy atom. The molecule has 0 aromatic heterocycles. The summed E-state index contributed by atoms with van der Waals surface area (Å²) in [5.74, 6) is 0. The van der Waals surface area contributed by atoms with Crippen molar-refractivity contribution in [2.24, 2.45) is 0 Å².